The molecule has 1 aromatic rings. The van der Waals surface area contributed by atoms with Gasteiger partial charge < -0.3 is 19.5 Å². The van der Waals surface area contributed by atoms with E-state index in [-0.39, 0.29) is 11.3 Å². The molecule has 0 atom stereocenters. The minimum atomic E-state index is -3.77. The molecular formula is C15H19N3O6S. The minimum absolute atomic E-state index is 0.100. The third kappa shape index (κ3) is 3.68. The number of hydrogen-bond acceptors (Lipinski definition) is 6. The summed E-state index contributed by atoms with van der Waals surface area (Å²) in [7, 11) is 1.93. The molecule has 1 aliphatic rings. The van der Waals surface area contributed by atoms with Crippen LogP contribution >= 0.6 is 0 Å². The van der Waals surface area contributed by atoms with Gasteiger partial charge in [-0.25, -0.2) is 0 Å². The van der Waals surface area contributed by atoms with Gasteiger partial charge in [0.25, 0.3) is 5.91 Å². The molecule has 0 unspecified atom stereocenters. The van der Waals surface area contributed by atoms with E-state index in [1.807, 2.05) is 0 Å². The van der Waals surface area contributed by atoms with Crippen LogP contribution in [-0.4, -0.2) is 52.7 Å². The third-order valence-corrected chi connectivity index (χ3v) is 4.82. The number of ether oxygens (including phenoxy) is 3. The van der Waals surface area contributed by atoms with E-state index in [1.54, 1.807) is 12.1 Å². The Morgan fingerprint density at radius 2 is 1.68 bits per heavy atom. The van der Waals surface area contributed by atoms with E-state index in [0.29, 0.717) is 22.9 Å². The standard InChI is InChI=1S/C15H19N3O6S/c1-9-11(8-18(2)25(20,21)17-9)15(19)16-10-6-12(22-3)14(24-5)13(7-10)23-4/h6-8H,1-5H3,(H,16,19). The molecule has 10 heteroatoms. The molecule has 136 valence electrons. The fourth-order valence-corrected chi connectivity index (χ4v) is 3.01. The van der Waals surface area contributed by atoms with Crippen LogP contribution in [0.15, 0.2) is 28.3 Å². The maximum absolute atomic E-state index is 12.5. The van der Waals surface area contributed by atoms with Crippen LogP contribution in [0.1, 0.15) is 6.92 Å². The lowest BCUT2D eigenvalue weighted by Gasteiger charge is -2.20. The van der Waals surface area contributed by atoms with Crippen LogP contribution in [0.25, 0.3) is 0 Å². The Morgan fingerprint density at radius 1 is 1.12 bits per heavy atom. The molecule has 0 saturated heterocycles. The van der Waals surface area contributed by atoms with Crippen molar-refractivity contribution < 1.29 is 27.4 Å². The first-order chi connectivity index (χ1) is 11.7. The third-order valence-electron chi connectivity index (χ3n) is 3.48. The Hall–Kier alpha value is -2.75. The number of nitrogens with zero attached hydrogens (tertiary/aromatic N) is 2. The zero-order valence-electron chi connectivity index (χ0n) is 14.5. The average Bonchev–Trinajstić information content (AvgIpc) is 2.56. The smallest absolute Gasteiger partial charge is 0.344 e. The summed E-state index contributed by atoms with van der Waals surface area (Å²) in [4.78, 5) is 12.5. The molecule has 9 nitrogen and oxygen atoms in total. The van der Waals surface area contributed by atoms with Crippen LogP contribution in [0, 0.1) is 0 Å². The van der Waals surface area contributed by atoms with Gasteiger partial charge in [-0.15, -0.1) is 4.40 Å². The molecule has 0 radical (unpaired) electrons. The minimum Gasteiger partial charge on any atom is -0.493 e. The number of anilines is 1. The number of rotatable bonds is 5. The zero-order valence-corrected chi connectivity index (χ0v) is 15.3. The monoisotopic (exact) mass is 369 g/mol. The number of benzene rings is 1. The van der Waals surface area contributed by atoms with Gasteiger partial charge in [0.2, 0.25) is 5.75 Å². The molecule has 25 heavy (non-hydrogen) atoms. The molecular weight excluding hydrogens is 350 g/mol. The predicted octanol–water partition coefficient (Wildman–Crippen LogP) is 1.19. The molecule has 1 aliphatic heterocycles. The summed E-state index contributed by atoms with van der Waals surface area (Å²) in [5.41, 5.74) is 0.624. The summed E-state index contributed by atoms with van der Waals surface area (Å²) in [6.07, 6.45) is 1.21. The van der Waals surface area contributed by atoms with Crippen LogP contribution in [0.3, 0.4) is 0 Å². The lowest BCUT2D eigenvalue weighted by molar-refractivity contribution is -0.112. The predicted molar refractivity (Wildman–Crippen MR) is 92.6 cm³/mol. The van der Waals surface area contributed by atoms with Gasteiger partial charge in [-0.3, -0.25) is 9.10 Å². The number of hydrogen-bond donors (Lipinski definition) is 1. The van der Waals surface area contributed by atoms with Gasteiger partial charge in [0.1, 0.15) is 0 Å². The Kier molecular flexibility index (Phi) is 5.21. The molecule has 1 amide bonds. The largest absolute Gasteiger partial charge is 0.493 e. The van der Waals surface area contributed by atoms with Gasteiger partial charge in [-0.2, -0.15) is 8.42 Å². The lowest BCUT2D eigenvalue weighted by atomic mass is 10.1. The molecule has 0 aromatic heterocycles. The van der Waals surface area contributed by atoms with E-state index in [9.17, 15) is 13.2 Å². The molecule has 1 N–H and O–H groups in total. The lowest BCUT2D eigenvalue weighted by Crippen LogP contribution is -2.30. The first-order valence-corrected chi connectivity index (χ1v) is 8.51. The molecule has 0 spiro atoms. The molecule has 1 heterocycles. The van der Waals surface area contributed by atoms with Crippen molar-refractivity contribution in [2.75, 3.05) is 33.7 Å². The van der Waals surface area contributed by atoms with Crippen molar-refractivity contribution in [3.63, 3.8) is 0 Å². The molecule has 2 rings (SSSR count). The molecule has 0 bridgehead atoms. The van der Waals surface area contributed by atoms with Crippen molar-refractivity contribution in [3.8, 4) is 17.2 Å². The van der Waals surface area contributed by atoms with Crippen molar-refractivity contribution in [1.82, 2.24) is 4.31 Å². The SMILES string of the molecule is COc1cc(NC(=O)C2=CN(C)S(=O)(=O)N=C2C)cc(OC)c1OC. The van der Waals surface area contributed by atoms with Crippen LogP contribution in [0.2, 0.25) is 0 Å². The van der Waals surface area contributed by atoms with E-state index >= 15 is 0 Å². The number of carbonyl (C=O) groups is 1. The van der Waals surface area contributed by atoms with Crippen molar-refractivity contribution in [3.05, 3.63) is 23.9 Å². The summed E-state index contributed by atoms with van der Waals surface area (Å²) in [5.74, 6) is 0.625. The summed E-state index contributed by atoms with van der Waals surface area (Å²) in [6.45, 7) is 1.45. The highest BCUT2D eigenvalue weighted by Crippen LogP contribution is 2.40. The van der Waals surface area contributed by atoms with Gasteiger partial charge in [0, 0.05) is 31.1 Å². The highest BCUT2D eigenvalue weighted by atomic mass is 32.2. The van der Waals surface area contributed by atoms with Crippen LogP contribution in [-0.2, 0) is 15.0 Å². The zero-order chi connectivity index (χ0) is 18.8. The molecule has 0 saturated carbocycles. The quantitative estimate of drug-likeness (QED) is 0.835. The Labute approximate surface area is 146 Å². The van der Waals surface area contributed by atoms with Crippen LogP contribution < -0.4 is 19.5 Å². The topological polar surface area (TPSA) is 107 Å². The van der Waals surface area contributed by atoms with E-state index in [2.05, 4.69) is 9.71 Å². The van der Waals surface area contributed by atoms with Gasteiger partial charge in [-0.1, -0.05) is 0 Å². The van der Waals surface area contributed by atoms with E-state index in [0.717, 1.165) is 4.31 Å². The first kappa shape index (κ1) is 18.6. The summed E-state index contributed by atoms with van der Waals surface area (Å²) in [6, 6.07) is 3.13. The normalized spacial score (nSPS) is 15.8. The maximum Gasteiger partial charge on any atom is 0.344 e. The van der Waals surface area contributed by atoms with Crippen molar-refractivity contribution in [2.45, 2.75) is 6.92 Å². The second-order valence-corrected chi connectivity index (χ2v) is 6.74. The second kappa shape index (κ2) is 7.01. The summed E-state index contributed by atoms with van der Waals surface area (Å²) >= 11 is 0. The summed E-state index contributed by atoms with van der Waals surface area (Å²) < 4.78 is 43.5. The Bertz CT molecular complexity index is 835. The Morgan fingerprint density at radius 3 is 2.16 bits per heavy atom. The first-order valence-electron chi connectivity index (χ1n) is 7.11. The molecule has 1 aromatic carbocycles. The van der Waals surface area contributed by atoms with E-state index in [1.165, 1.54) is 41.5 Å². The van der Waals surface area contributed by atoms with Crippen LogP contribution in [0.4, 0.5) is 5.69 Å². The van der Waals surface area contributed by atoms with Crippen molar-refractivity contribution >= 4 is 27.5 Å². The average molecular weight is 369 g/mol. The highest BCUT2D eigenvalue weighted by Gasteiger charge is 2.26. The highest BCUT2D eigenvalue weighted by molar-refractivity contribution is 7.88. The van der Waals surface area contributed by atoms with Gasteiger partial charge in [0.15, 0.2) is 11.5 Å². The molecule has 0 aliphatic carbocycles. The number of carbonyl (C=O) groups excluding carboxylic acids is 1. The number of methoxy groups -OCH3 is 3. The summed E-state index contributed by atoms with van der Waals surface area (Å²) in [5, 5.41) is 2.67. The number of amides is 1. The van der Waals surface area contributed by atoms with Crippen LogP contribution in [0.5, 0.6) is 17.2 Å². The fraction of sp³-hybridized carbons (Fsp3) is 0.333. The van der Waals surface area contributed by atoms with Crippen molar-refractivity contribution in [2.24, 2.45) is 4.40 Å². The van der Waals surface area contributed by atoms with E-state index in [4.69, 9.17) is 14.2 Å². The second-order valence-electron chi connectivity index (χ2n) is 5.08. The molecule has 0 fully saturated rings. The number of nitrogens with one attached hydrogen (secondary N) is 1. The van der Waals surface area contributed by atoms with Gasteiger partial charge in [0.05, 0.1) is 32.6 Å². The Balaban J connectivity index is 2.34. The van der Waals surface area contributed by atoms with E-state index < -0.39 is 16.1 Å². The van der Waals surface area contributed by atoms with Gasteiger partial charge in [-0.05, 0) is 6.92 Å². The maximum atomic E-state index is 12.5. The van der Waals surface area contributed by atoms with Gasteiger partial charge >= 0.3 is 10.2 Å². The fourth-order valence-electron chi connectivity index (χ4n) is 2.20. The van der Waals surface area contributed by atoms with Crippen molar-refractivity contribution in [1.29, 1.82) is 0 Å².